The molecule has 0 saturated carbocycles. The van der Waals surface area contributed by atoms with Crippen molar-refractivity contribution in [3.63, 3.8) is 0 Å². The van der Waals surface area contributed by atoms with Crippen LogP contribution in [0.3, 0.4) is 0 Å². The normalized spacial score (nSPS) is 16.0. The molecular formula is C19H21N3O4. The Kier molecular flexibility index (Phi) is 5.27. The highest BCUT2D eigenvalue weighted by molar-refractivity contribution is 5.95. The second kappa shape index (κ2) is 7.61. The first-order chi connectivity index (χ1) is 12.5. The van der Waals surface area contributed by atoms with Gasteiger partial charge in [-0.3, -0.25) is 9.59 Å². The van der Waals surface area contributed by atoms with Crippen LogP contribution in [-0.4, -0.2) is 46.7 Å². The van der Waals surface area contributed by atoms with Gasteiger partial charge in [0.1, 0.15) is 0 Å². The molecule has 1 saturated heterocycles. The van der Waals surface area contributed by atoms with E-state index in [-0.39, 0.29) is 12.5 Å². The number of aryl methyl sites for hydroxylation is 1. The third-order valence-corrected chi connectivity index (χ3v) is 4.75. The molecule has 2 aromatic rings. The van der Waals surface area contributed by atoms with Gasteiger partial charge in [0.15, 0.2) is 5.82 Å². The van der Waals surface area contributed by atoms with E-state index in [0.29, 0.717) is 43.1 Å². The van der Waals surface area contributed by atoms with Crippen molar-refractivity contribution < 1.29 is 19.4 Å². The number of hydrogen-bond donors (Lipinski definition) is 2. The zero-order valence-electron chi connectivity index (χ0n) is 14.6. The number of ether oxygens (including phenoxy) is 1. The van der Waals surface area contributed by atoms with Gasteiger partial charge in [-0.05, 0) is 19.8 Å². The lowest BCUT2D eigenvalue weighted by molar-refractivity contribution is -0.154. The summed E-state index contributed by atoms with van der Waals surface area (Å²) in [6.07, 6.45) is 2.24. The van der Waals surface area contributed by atoms with Crippen LogP contribution in [0.1, 0.15) is 28.9 Å². The van der Waals surface area contributed by atoms with Gasteiger partial charge in [0.25, 0.3) is 5.91 Å². The van der Waals surface area contributed by atoms with Crippen LogP contribution in [0.4, 0.5) is 0 Å². The van der Waals surface area contributed by atoms with Crippen LogP contribution in [0.2, 0.25) is 0 Å². The van der Waals surface area contributed by atoms with Crippen molar-refractivity contribution in [3.05, 3.63) is 47.8 Å². The number of nitrogens with one attached hydrogen (secondary N) is 1. The van der Waals surface area contributed by atoms with Gasteiger partial charge in [-0.2, -0.15) is 0 Å². The lowest BCUT2D eigenvalue weighted by Gasteiger charge is -2.33. The van der Waals surface area contributed by atoms with Gasteiger partial charge < -0.3 is 15.2 Å². The predicted molar refractivity (Wildman–Crippen MR) is 94.7 cm³/mol. The van der Waals surface area contributed by atoms with Crippen molar-refractivity contribution in [2.24, 2.45) is 5.41 Å². The smallest absolute Gasteiger partial charge is 0.311 e. The Hall–Kier alpha value is -2.80. The quantitative estimate of drug-likeness (QED) is 0.851. The lowest BCUT2D eigenvalue weighted by atomic mass is 9.80. The van der Waals surface area contributed by atoms with Crippen LogP contribution >= 0.6 is 0 Å². The van der Waals surface area contributed by atoms with E-state index in [1.165, 1.54) is 6.20 Å². The Morgan fingerprint density at radius 3 is 2.54 bits per heavy atom. The van der Waals surface area contributed by atoms with Crippen molar-refractivity contribution in [1.82, 2.24) is 15.3 Å². The zero-order valence-corrected chi connectivity index (χ0v) is 14.6. The molecule has 0 atom stereocenters. The Morgan fingerprint density at radius 1 is 1.23 bits per heavy atom. The summed E-state index contributed by atoms with van der Waals surface area (Å²) < 4.78 is 5.24. The zero-order chi connectivity index (χ0) is 18.6. The van der Waals surface area contributed by atoms with Crippen LogP contribution in [0, 0.1) is 12.3 Å². The first-order valence-electron chi connectivity index (χ1n) is 8.50. The largest absolute Gasteiger partial charge is 0.481 e. The molecule has 1 amide bonds. The van der Waals surface area contributed by atoms with Crippen molar-refractivity contribution in [2.75, 3.05) is 19.8 Å². The molecule has 7 nitrogen and oxygen atoms in total. The van der Waals surface area contributed by atoms with E-state index in [2.05, 4.69) is 15.3 Å². The molecule has 1 aliphatic rings. The molecule has 0 spiro atoms. The SMILES string of the molecule is Cc1nc(-c2ccccc2)ncc1C(=O)NCC1(C(=O)O)CCOCC1. The topological polar surface area (TPSA) is 101 Å². The number of nitrogens with zero attached hydrogens (tertiary/aromatic N) is 2. The molecule has 3 rings (SSSR count). The number of aliphatic carboxylic acids is 1. The lowest BCUT2D eigenvalue weighted by Crippen LogP contribution is -2.46. The van der Waals surface area contributed by atoms with Crippen molar-refractivity contribution in [1.29, 1.82) is 0 Å². The highest BCUT2D eigenvalue weighted by atomic mass is 16.5. The first kappa shape index (κ1) is 18.0. The number of aromatic nitrogens is 2. The summed E-state index contributed by atoms with van der Waals surface area (Å²) in [4.78, 5) is 32.8. The van der Waals surface area contributed by atoms with Crippen LogP contribution in [0.5, 0.6) is 0 Å². The summed E-state index contributed by atoms with van der Waals surface area (Å²) in [5.74, 6) is -0.728. The van der Waals surface area contributed by atoms with Gasteiger partial charge in [0, 0.05) is 31.5 Å². The molecule has 0 bridgehead atoms. The number of carbonyl (C=O) groups excluding carboxylic acids is 1. The fourth-order valence-electron chi connectivity index (χ4n) is 2.99. The van der Waals surface area contributed by atoms with Crippen molar-refractivity contribution >= 4 is 11.9 Å². The molecule has 1 aromatic carbocycles. The molecule has 0 aliphatic carbocycles. The van der Waals surface area contributed by atoms with Gasteiger partial charge in [-0.25, -0.2) is 9.97 Å². The minimum absolute atomic E-state index is 0.0599. The minimum atomic E-state index is -0.980. The van der Waals surface area contributed by atoms with E-state index < -0.39 is 11.4 Å². The van der Waals surface area contributed by atoms with Gasteiger partial charge in [-0.1, -0.05) is 30.3 Å². The summed E-state index contributed by atoms with van der Waals surface area (Å²) in [5.41, 5.74) is 0.784. The second-order valence-electron chi connectivity index (χ2n) is 6.44. The van der Waals surface area contributed by atoms with Crippen LogP contribution in [0.25, 0.3) is 11.4 Å². The highest BCUT2D eigenvalue weighted by Gasteiger charge is 2.40. The van der Waals surface area contributed by atoms with E-state index in [4.69, 9.17) is 4.74 Å². The molecule has 0 radical (unpaired) electrons. The van der Waals surface area contributed by atoms with Crippen LogP contribution < -0.4 is 5.32 Å². The Balaban J connectivity index is 1.73. The van der Waals surface area contributed by atoms with E-state index in [1.807, 2.05) is 30.3 Å². The Labute approximate surface area is 151 Å². The molecule has 0 unspecified atom stereocenters. The summed E-state index contributed by atoms with van der Waals surface area (Å²) >= 11 is 0. The number of hydrogen-bond acceptors (Lipinski definition) is 5. The van der Waals surface area contributed by atoms with Gasteiger partial charge >= 0.3 is 5.97 Å². The molecule has 1 fully saturated rings. The number of carbonyl (C=O) groups is 2. The van der Waals surface area contributed by atoms with E-state index in [0.717, 1.165) is 5.56 Å². The summed E-state index contributed by atoms with van der Waals surface area (Å²) in [5, 5.41) is 12.3. The van der Waals surface area contributed by atoms with Crippen molar-refractivity contribution in [3.8, 4) is 11.4 Å². The molecule has 1 aliphatic heterocycles. The first-order valence-corrected chi connectivity index (χ1v) is 8.50. The van der Waals surface area contributed by atoms with E-state index in [9.17, 15) is 14.7 Å². The Morgan fingerprint density at radius 2 is 1.92 bits per heavy atom. The number of carboxylic acid groups (broad SMARTS) is 1. The monoisotopic (exact) mass is 355 g/mol. The maximum atomic E-state index is 12.5. The number of carboxylic acids is 1. The molecule has 136 valence electrons. The Bertz CT molecular complexity index is 802. The summed E-state index contributed by atoms with van der Waals surface area (Å²) in [7, 11) is 0. The fourth-order valence-corrected chi connectivity index (χ4v) is 2.99. The number of rotatable bonds is 5. The van der Waals surface area contributed by atoms with E-state index >= 15 is 0 Å². The van der Waals surface area contributed by atoms with Gasteiger partial charge in [-0.15, -0.1) is 0 Å². The molecule has 1 aromatic heterocycles. The highest BCUT2D eigenvalue weighted by Crippen LogP contribution is 2.30. The maximum Gasteiger partial charge on any atom is 0.311 e. The van der Waals surface area contributed by atoms with Gasteiger partial charge in [0.05, 0.1) is 16.7 Å². The predicted octanol–water partition coefficient (Wildman–Crippen LogP) is 2.06. The van der Waals surface area contributed by atoms with Crippen LogP contribution in [-0.2, 0) is 9.53 Å². The van der Waals surface area contributed by atoms with Gasteiger partial charge in [0.2, 0.25) is 0 Å². The minimum Gasteiger partial charge on any atom is -0.481 e. The average Bonchev–Trinajstić information content (AvgIpc) is 2.67. The number of benzene rings is 1. The fraction of sp³-hybridized carbons (Fsp3) is 0.368. The maximum absolute atomic E-state index is 12.5. The summed E-state index contributed by atoms with van der Waals surface area (Å²) in [6, 6.07) is 9.50. The number of amides is 1. The third kappa shape index (κ3) is 3.72. The molecule has 7 heteroatoms. The molecule has 2 heterocycles. The molecule has 2 N–H and O–H groups in total. The second-order valence-corrected chi connectivity index (χ2v) is 6.44. The van der Waals surface area contributed by atoms with E-state index in [1.54, 1.807) is 6.92 Å². The van der Waals surface area contributed by atoms with Crippen molar-refractivity contribution in [2.45, 2.75) is 19.8 Å². The molecule has 26 heavy (non-hydrogen) atoms. The standard InChI is InChI=1S/C19H21N3O4/c1-13-15(11-20-16(22-13)14-5-3-2-4-6-14)17(23)21-12-19(18(24)25)7-9-26-10-8-19/h2-6,11H,7-10,12H2,1H3,(H,21,23)(H,24,25). The van der Waals surface area contributed by atoms with Crippen LogP contribution in [0.15, 0.2) is 36.5 Å². The average molecular weight is 355 g/mol. The third-order valence-electron chi connectivity index (χ3n) is 4.75. The summed E-state index contributed by atoms with van der Waals surface area (Å²) in [6.45, 7) is 2.57. The molecular weight excluding hydrogens is 334 g/mol.